The van der Waals surface area contributed by atoms with Crippen molar-refractivity contribution in [3.8, 4) is 0 Å². The van der Waals surface area contributed by atoms with Crippen LogP contribution in [-0.4, -0.2) is 40.6 Å². The second kappa shape index (κ2) is 4.94. The van der Waals surface area contributed by atoms with Crippen LogP contribution in [0, 0.1) is 6.92 Å². The van der Waals surface area contributed by atoms with Gasteiger partial charge in [-0.05, 0) is 13.8 Å². The van der Waals surface area contributed by atoms with Crippen LogP contribution in [0.25, 0.3) is 0 Å². The Morgan fingerprint density at radius 3 is 2.75 bits per heavy atom. The fourth-order valence-electron chi connectivity index (χ4n) is 1.43. The Bertz CT molecular complexity index is 437. The fraction of sp³-hybridized carbons (Fsp3) is 0.455. The lowest BCUT2D eigenvalue weighted by molar-refractivity contribution is 0.0702. The third-order valence-electron chi connectivity index (χ3n) is 2.17. The highest BCUT2D eigenvalue weighted by Crippen LogP contribution is 1.99. The number of hydrogen-bond donors (Lipinski definition) is 2. The van der Waals surface area contributed by atoms with Crippen LogP contribution in [0.2, 0.25) is 0 Å². The molecule has 88 valence electrons. The molecule has 0 fully saturated rings. The molecule has 0 aliphatic rings. The van der Waals surface area contributed by atoms with E-state index in [1.807, 2.05) is 0 Å². The van der Waals surface area contributed by atoms with Crippen LogP contribution >= 0.6 is 0 Å². The van der Waals surface area contributed by atoms with Crippen molar-refractivity contribution in [1.29, 1.82) is 0 Å². The summed E-state index contributed by atoms with van der Waals surface area (Å²) in [5, 5.41) is 9.15. The maximum absolute atomic E-state index is 11.8. The Hall–Kier alpha value is -1.62. The van der Waals surface area contributed by atoms with Gasteiger partial charge in [0.2, 0.25) is 0 Å². The molecule has 1 aromatic rings. The summed E-state index contributed by atoms with van der Waals surface area (Å²) in [6.07, 6.45) is 0.789. The van der Waals surface area contributed by atoms with Crippen molar-refractivity contribution in [2.45, 2.75) is 20.0 Å². The molecule has 0 aromatic carbocycles. The SMILES string of the molecule is Cc1cc(=O)c(C(=O)N(C)CC(C)O)c[nH]1. The molecule has 1 unspecified atom stereocenters. The normalized spacial score (nSPS) is 12.2. The lowest BCUT2D eigenvalue weighted by Gasteiger charge is -2.18. The molecule has 0 spiro atoms. The zero-order valence-electron chi connectivity index (χ0n) is 9.65. The van der Waals surface area contributed by atoms with Crippen LogP contribution in [-0.2, 0) is 0 Å². The van der Waals surface area contributed by atoms with E-state index in [0.717, 1.165) is 0 Å². The first kappa shape index (κ1) is 12.4. The van der Waals surface area contributed by atoms with Gasteiger partial charge in [-0.25, -0.2) is 0 Å². The number of aryl methyl sites for hydroxylation is 1. The van der Waals surface area contributed by atoms with Gasteiger partial charge in [0.25, 0.3) is 5.91 Å². The quantitative estimate of drug-likeness (QED) is 0.766. The number of rotatable bonds is 3. The number of amides is 1. The molecule has 0 saturated carbocycles. The number of carbonyl (C=O) groups excluding carboxylic acids is 1. The lowest BCUT2D eigenvalue weighted by atomic mass is 10.2. The molecule has 1 heterocycles. The molecule has 0 aliphatic carbocycles. The van der Waals surface area contributed by atoms with E-state index in [0.29, 0.717) is 5.69 Å². The molecule has 5 nitrogen and oxygen atoms in total. The molecule has 5 heteroatoms. The minimum absolute atomic E-state index is 0.0914. The fourth-order valence-corrected chi connectivity index (χ4v) is 1.43. The number of hydrogen-bond acceptors (Lipinski definition) is 3. The van der Waals surface area contributed by atoms with E-state index in [1.54, 1.807) is 20.9 Å². The number of pyridine rings is 1. The molecule has 0 bridgehead atoms. The lowest BCUT2D eigenvalue weighted by Crippen LogP contribution is -2.35. The minimum Gasteiger partial charge on any atom is -0.392 e. The average molecular weight is 224 g/mol. The van der Waals surface area contributed by atoms with Gasteiger partial charge in [-0.1, -0.05) is 0 Å². The highest BCUT2D eigenvalue weighted by atomic mass is 16.3. The number of nitrogens with one attached hydrogen (secondary N) is 1. The van der Waals surface area contributed by atoms with Crippen LogP contribution < -0.4 is 5.43 Å². The molecular formula is C11H16N2O3. The van der Waals surface area contributed by atoms with Gasteiger partial charge in [-0.2, -0.15) is 0 Å². The number of likely N-dealkylation sites (N-methyl/N-ethyl adjacent to an activating group) is 1. The second-order valence-electron chi connectivity index (χ2n) is 3.93. The van der Waals surface area contributed by atoms with Crippen LogP contribution in [0.1, 0.15) is 23.0 Å². The van der Waals surface area contributed by atoms with Crippen molar-refractivity contribution in [2.24, 2.45) is 0 Å². The summed E-state index contributed by atoms with van der Waals surface area (Å²) in [4.78, 5) is 27.5. The summed E-state index contributed by atoms with van der Waals surface area (Å²) in [7, 11) is 1.55. The number of aliphatic hydroxyl groups excluding tert-OH is 1. The van der Waals surface area contributed by atoms with Crippen molar-refractivity contribution >= 4 is 5.91 Å². The van der Waals surface area contributed by atoms with Gasteiger partial charge in [0.05, 0.1) is 6.10 Å². The van der Waals surface area contributed by atoms with Gasteiger partial charge in [-0.3, -0.25) is 9.59 Å². The van der Waals surface area contributed by atoms with Gasteiger partial charge in [0.15, 0.2) is 5.43 Å². The number of H-pyrrole nitrogens is 1. The predicted octanol–water partition coefficient (Wildman–Crippen LogP) is 0.136. The zero-order valence-corrected chi connectivity index (χ0v) is 9.65. The number of aliphatic hydroxyl groups is 1. The summed E-state index contributed by atoms with van der Waals surface area (Å²) < 4.78 is 0. The number of aromatic nitrogens is 1. The highest BCUT2D eigenvalue weighted by Gasteiger charge is 2.16. The van der Waals surface area contributed by atoms with E-state index in [4.69, 9.17) is 5.11 Å². The summed E-state index contributed by atoms with van der Waals surface area (Å²) in [5.74, 6) is -0.387. The Kier molecular flexibility index (Phi) is 3.84. The monoisotopic (exact) mass is 224 g/mol. The average Bonchev–Trinajstić information content (AvgIpc) is 2.15. The van der Waals surface area contributed by atoms with E-state index in [-0.39, 0.29) is 23.4 Å². The molecule has 1 rings (SSSR count). The van der Waals surface area contributed by atoms with Crippen molar-refractivity contribution in [2.75, 3.05) is 13.6 Å². The smallest absolute Gasteiger partial charge is 0.259 e. The number of carbonyl (C=O) groups is 1. The Morgan fingerprint density at radius 2 is 2.25 bits per heavy atom. The Labute approximate surface area is 93.7 Å². The van der Waals surface area contributed by atoms with E-state index in [1.165, 1.54) is 17.2 Å². The Balaban J connectivity index is 2.92. The summed E-state index contributed by atoms with van der Waals surface area (Å²) in [5.41, 5.74) is 0.493. The van der Waals surface area contributed by atoms with E-state index < -0.39 is 6.10 Å². The maximum Gasteiger partial charge on any atom is 0.259 e. The molecule has 16 heavy (non-hydrogen) atoms. The summed E-state index contributed by atoms with van der Waals surface area (Å²) >= 11 is 0. The van der Waals surface area contributed by atoms with Crippen LogP contribution in [0.3, 0.4) is 0 Å². The first-order valence-corrected chi connectivity index (χ1v) is 5.04. The zero-order chi connectivity index (χ0) is 12.3. The van der Waals surface area contributed by atoms with E-state index >= 15 is 0 Å². The minimum atomic E-state index is -0.613. The number of nitrogens with zero attached hydrogens (tertiary/aromatic N) is 1. The topological polar surface area (TPSA) is 73.4 Å². The number of aromatic amines is 1. The molecule has 2 N–H and O–H groups in total. The van der Waals surface area contributed by atoms with Crippen molar-refractivity contribution < 1.29 is 9.90 Å². The standard InChI is InChI=1S/C11H16N2O3/c1-7-4-10(15)9(5-12-7)11(16)13(3)6-8(2)14/h4-5,8,14H,6H2,1-3H3,(H,12,15). The molecule has 1 atom stereocenters. The first-order valence-electron chi connectivity index (χ1n) is 5.04. The summed E-state index contributed by atoms with van der Waals surface area (Å²) in [6.45, 7) is 3.53. The van der Waals surface area contributed by atoms with Crippen molar-refractivity contribution in [3.05, 3.63) is 33.7 Å². The summed E-state index contributed by atoms with van der Waals surface area (Å²) in [6, 6.07) is 1.38. The van der Waals surface area contributed by atoms with Gasteiger partial charge >= 0.3 is 0 Å². The second-order valence-corrected chi connectivity index (χ2v) is 3.93. The van der Waals surface area contributed by atoms with Crippen LogP contribution in [0.5, 0.6) is 0 Å². The van der Waals surface area contributed by atoms with Crippen LogP contribution in [0.4, 0.5) is 0 Å². The van der Waals surface area contributed by atoms with Crippen molar-refractivity contribution in [1.82, 2.24) is 9.88 Å². The van der Waals surface area contributed by atoms with Gasteiger partial charge in [0.1, 0.15) is 5.56 Å². The van der Waals surface area contributed by atoms with Gasteiger partial charge in [-0.15, -0.1) is 0 Å². The molecule has 1 aromatic heterocycles. The Morgan fingerprint density at radius 1 is 1.62 bits per heavy atom. The third kappa shape index (κ3) is 2.93. The molecule has 0 saturated heterocycles. The van der Waals surface area contributed by atoms with E-state index in [9.17, 15) is 9.59 Å². The van der Waals surface area contributed by atoms with E-state index in [2.05, 4.69) is 4.98 Å². The largest absolute Gasteiger partial charge is 0.392 e. The first-order chi connectivity index (χ1) is 7.41. The molecular weight excluding hydrogens is 208 g/mol. The molecule has 0 radical (unpaired) electrons. The highest BCUT2D eigenvalue weighted by molar-refractivity contribution is 5.93. The maximum atomic E-state index is 11.8. The third-order valence-corrected chi connectivity index (χ3v) is 2.17. The van der Waals surface area contributed by atoms with Gasteiger partial charge < -0.3 is 15.0 Å². The molecule has 1 amide bonds. The van der Waals surface area contributed by atoms with Crippen molar-refractivity contribution in [3.63, 3.8) is 0 Å². The van der Waals surface area contributed by atoms with Crippen LogP contribution in [0.15, 0.2) is 17.1 Å². The van der Waals surface area contributed by atoms with Gasteiger partial charge in [0, 0.05) is 31.5 Å². The molecule has 0 aliphatic heterocycles. The predicted molar refractivity (Wildman–Crippen MR) is 60.4 cm³/mol.